The Labute approximate surface area is 180 Å². The summed E-state index contributed by atoms with van der Waals surface area (Å²) < 4.78 is 10.5. The minimum Gasteiger partial charge on any atom is -0.457 e. The van der Waals surface area contributed by atoms with Crippen LogP contribution in [0.1, 0.15) is 15.9 Å². The number of hydrogen-bond donors (Lipinski definition) is 2. The molecule has 0 heterocycles. The average Bonchev–Trinajstić information content (AvgIpc) is 2.81. The van der Waals surface area contributed by atoms with Gasteiger partial charge >= 0.3 is 5.97 Å². The van der Waals surface area contributed by atoms with Gasteiger partial charge in [-0.2, -0.15) is 0 Å². The van der Waals surface area contributed by atoms with Gasteiger partial charge in [0.1, 0.15) is 18.0 Å². The monoisotopic (exact) mass is 418 g/mol. The maximum atomic E-state index is 12.2. The highest BCUT2D eigenvalue weighted by Crippen LogP contribution is 2.21. The Morgan fingerprint density at radius 3 is 2.00 bits per heavy atom. The first kappa shape index (κ1) is 21.6. The van der Waals surface area contributed by atoms with Crippen molar-refractivity contribution in [3.05, 3.63) is 96.1 Å². The molecule has 0 unspecified atom stereocenters. The van der Waals surface area contributed by atoms with Crippen molar-refractivity contribution in [3.63, 3.8) is 0 Å². The third kappa shape index (κ3) is 7.32. The SMILES string of the molecule is O=C(COC(=O)CNC(=O)c1ccc(Oc2ccccc2)cc1)NCc1ccccc1. The molecule has 7 nitrogen and oxygen atoms in total. The van der Waals surface area contributed by atoms with Crippen molar-refractivity contribution in [3.8, 4) is 11.5 Å². The minimum absolute atomic E-state index is 0.340. The van der Waals surface area contributed by atoms with Gasteiger partial charge in [-0.05, 0) is 42.0 Å². The topological polar surface area (TPSA) is 93.7 Å². The lowest BCUT2D eigenvalue weighted by Crippen LogP contribution is -2.33. The first-order valence-corrected chi connectivity index (χ1v) is 9.67. The van der Waals surface area contributed by atoms with Crippen LogP contribution in [0, 0.1) is 0 Å². The Balaban J connectivity index is 1.36. The molecule has 0 aliphatic heterocycles. The van der Waals surface area contributed by atoms with E-state index in [1.165, 1.54) is 0 Å². The molecule has 0 aliphatic carbocycles. The second-order valence-corrected chi connectivity index (χ2v) is 6.55. The van der Waals surface area contributed by atoms with Crippen LogP contribution in [-0.4, -0.2) is 30.9 Å². The Bertz CT molecular complexity index is 1010. The van der Waals surface area contributed by atoms with Crippen LogP contribution in [0.2, 0.25) is 0 Å². The van der Waals surface area contributed by atoms with Crippen LogP contribution in [0.4, 0.5) is 0 Å². The van der Waals surface area contributed by atoms with E-state index in [2.05, 4.69) is 10.6 Å². The van der Waals surface area contributed by atoms with Crippen LogP contribution in [-0.2, 0) is 20.9 Å². The molecule has 0 spiro atoms. The number of amides is 2. The molecule has 3 aromatic carbocycles. The molecule has 158 valence electrons. The molecule has 2 N–H and O–H groups in total. The average molecular weight is 418 g/mol. The molecule has 0 radical (unpaired) electrons. The van der Waals surface area contributed by atoms with Crippen LogP contribution >= 0.6 is 0 Å². The number of hydrogen-bond acceptors (Lipinski definition) is 5. The predicted octanol–water partition coefficient (Wildman–Crippen LogP) is 3.07. The van der Waals surface area contributed by atoms with Crippen molar-refractivity contribution < 1.29 is 23.9 Å². The largest absolute Gasteiger partial charge is 0.457 e. The van der Waals surface area contributed by atoms with E-state index in [9.17, 15) is 14.4 Å². The summed E-state index contributed by atoms with van der Waals surface area (Å²) in [4.78, 5) is 35.7. The lowest BCUT2D eigenvalue weighted by molar-refractivity contribution is -0.147. The normalized spacial score (nSPS) is 10.1. The fourth-order valence-electron chi connectivity index (χ4n) is 2.60. The van der Waals surface area contributed by atoms with E-state index in [0.717, 1.165) is 5.56 Å². The quantitative estimate of drug-likeness (QED) is 0.521. The lowest BCUT2D eigenvalue weighted by Gasteiger charge is -2.08. The molecule has 0 aliphatic rings. The highest BCUT2D eigenvalue weighted by molar-refractivity contribution is 5.96. The molecule has 2 amide bonds. The smallest absolute Gasteiger partial charge is 0.325 e. The fourth-order valence-corrected chi connectivity index (χ4v) is 2.60. The van der Waals surface area contributed by atoms with Gasteiger partial charge in [0.2, 0.25) is 0 Å². The van der Waals surface area contributed by atoms with E-state index in [-0.39, 0.29) is 6.54 Å². The van der Waals surface area contributed by atoms with Crippen molar-refractivity contribution in [2.75, 3.05) is 13.2 Å². The molecule has 0 fully saturated rings. The zero-order valence-corrected chi connectivity index (χ0v) is 16.7. The zero-order chi connectivity index (χ0) is 21.9. The Morgan fingerprint density at radius 2 is 1.32 bits per heavy atom. The molecule has 0 atom stereocenters. The van der Waals surface area contributed by atoms with Crippen LogP contribution < -0.4 is 15.4 Å². The van der Waals surface area contributed by atoms with Crippen molar-refractivity contribution >= 4 is 17.8 Å². The van der Waals surface area contributed by atoms with E-state index < -0.39 is 24.4 Å². The van der Waals surface area contributed by atoms with Crippen molar-refractivity contribution in [2.24, 2.45) is 0 Å². The number of carbonyl (C=O) groups is 3. The molecule has 0 aromatic heterocycles. The minimum atomic E-state index is -0.702. The third-order valence-electron chi connectivity index (χ3n) is 4.19. The Kier molecular flexibility index (Phi) is 7.77. The van der Waals surface area contributed by atoms with Crippen LogP contribution in [0.15, 0.2) is 84.9 Å². The van der Waals surface area contributed by atoms with E-state index in [1.54, 1.807) is 24.3 Å². The Morgan fingerprint density at radius 1 is 0.710 bits per heavy atom. The van der Waals surface area contributed by atoms with Crippen molar-refractivity contribution in [1.82, 2.24) is 10.6 Å². The van der Waals surface area contributed by atoms with E-state index in [0.29, 0.717) is 23.6 Å². The van der Waals surface area contributed by atoms with Crippen LogP contribution in [0.3, 0.4) is 0 Å². The van der Waals surface area contributed by atoms with E-state index >= 15 is 0 Å². The van der Waals surface area contributed by atoms with Gasteiger partial charge in [-0.25, -0.2) is 0 Å². The van der Waals surface area contributed by atoms with Crippen LogP contribution in [0.25, 0.3) is 0 Å². The predicted molar refractivity (Wildman–Crippen MR) is 115 cm³/mol. The fraction of sp³-hybridized carbons (Fsp3) is 0.125. The second-order valence-electron chi connectivity index (χ2n) is 6.55. The molecule has 0 saturated carbocycles. The van der Waals surface area contributed by atoms with Gasteiger partial charge in [-0.1, -0.05) is 48.5 Å². The van der Waals surface area contributed by atoms with Crippen molar-refractivity contribution in [1.29, 1.82) is 0 Å². The van der Waals surface area contributed by atoms with Crippen LogP contribution in [0.5, 0.6) is 11.5 Å². The van der Waals surface area contributed by atoms with Crippen molar-refractivity contribution in [2.45, 2.75) is 6.54 Å². The number of carbonyl (C=O) groups excluding carboxylic acids is 3. The molecule has 3 rings (SSSR count). The number of benzene rings is 3. The summed E-state index contributed by atoms with van der Waals surface area (Å²) in [6.45, 7) is -0.405. The summed E-state index contributed by atoms with van der Waals surface area (Å²) >= 11 is 0. The highest BCUT2D eigenvalue weighted by atomic mass is 16.5. The van der Waals surface area contributed by atoms with Gasteiger partial charge in [0.15, 0.2) is 6.61 Å². The first-order valence-electron chi connectivity index (χ1n) is 9.67. The second kappa shape index (κ2) is 11.2. The lowest BCUT2D eigenvalue weighted by atomic mass is 10.2. The molecule has 7 heteroatoms. The Hall–Kier alpha value is -4.13. The van der Waals surface area contributed by atoms with E-state index in [4.69, 9.17) is 9.47 Å². The molecular weight excluding hydrogens is 396 g/mol. The highest BCUT2D eigenvalue weighted by Gasteiger charge is 2.11. The zero-order valence-electron chi connectivity index (χ0n) is 16.7. The molecule has 0 saturated heterocycles. The number of ether oxygens (including phenoxy) is 2. The number of nitrogens with one attached hydrogen (secondary N) is 2. The maximum Gasteiger partial charge on any atom is 0.325 e. The maximum absolute atomic E-state index is 12.2. The van der Waals surface area contributed by atoms with E-state index in [1.807, 2.05) is 60.7 Å². The number of esters is 1. The van der Waals surface area contributed by atoms with Gasteiger partial charge in [0, 0.05) is 12.1 Å². The van der Waals surface area contributed by atoms with Gasteiger partial charge < -0.3 is 20.1 Å². The number of rotatable bonds is 9. The molecular formula is C24H22N2O5. The van der Waals surface area contributed by atoms with Gasteiger partial charge in [0.25, 0.3) is 11.8 Å². The molecule has 31 heavy (non-hydrogen) atoms. The summed E-state index contributed by atoms with van der Waals surface area (Å²) in [6.07, 6.45) is 0. The summed E-state index contributed by atoms with van der Waals surface area (Å²) in [5, 5.41) is 5.12. The molecule has 0 bridgehead atoms. The third-order valence-corrected chi connectivity index (χ3v) is 4.19. The molecule has 3 aromatic rings. The standard InChI is InChI=1S/C24H22N2O5/c27-22(25-15-18-7-3-1-4-8-18)17-30-23(28)16-26-24(29)19-11-13-21(14-12-19)31-20-9-5-2-6-10-20/h1-14H,15-17H2,(H,25,27)(H,26,29). The van der Waals surface area contributed by atoms with Gasteiger partial charge in [-0.3, -0.25) is 14.4 Å². The van der Waals surface area contributed by atoms with Gasteiger partial charge in [0.05, 0.1) is 0 Å². The summed E-state index contributed by atoms with van der Waals surface area (Å²) in [7, 11) is 0. The first-order chi connectivity index (χ1) is 15.1. The summed E-state index contributed by atoms with van der Waals surface area (Å²) in [6, 6.07) is 25.2. The number of para-hydroxylation sites is 1. The summed E-state index contributed by atoms with van der Waals surface area (Å²) in [5.74, 6) is -0.277. The summed E-state index contributed by atoms with van der Waals surface area (Å²) in [5.41, 5.74) is 1.31. The van der Waals surface area contributed by atoms with Gasteiger partial charge in [-0.15, -0.1) is 0 Å².